The summed E-state index contributed by atoms with van der Waals surface area (Å²) in [6.07, 6.45) is 1.04. The summed E-state index contributed by atoms with van der Waals surface area (Å²) < 4.78 is 5.55. The zero-order valence-electron chi connectivity index (χ0n) is 9.55. The van der Waals surface area contributed by atoms with Gasteiger partial charge in [0.1, 0.15) is 5.75 Å². The Bertz CT molecular complexity index is 276. The molecule has 0 spiro atoms. The second kappa shape index (κ2) is 7.12. The van der Waals surface area contributed by atoms with Gasteiger partial charge in [-0.1, -0.05) is 13.0 Å². The van der Waals surface area contributed by atoms with Crippen LogP contribution in [0, 0.1) is 0 Å². The van der Waals surface area contributed by atoms with E-state index >= 15 is 0 Å². The van der Waals surface area contributed by atoms with E-state index in [1.165, 1.54) is 0 Å². The Balaban J connectivity index is 2.42. The first-order valence-electron chi connectivity index (χ1n) is 5.48. The molecule has 0 aliphatic rings. The molecule has 0 saturated heterocycles. The zero-order valence-corrected chi connectivity index (χ0v) is 9.55. The molecule has 84 valence electrons. The van der Waals surface area contributed by atoms with E-state index in [0.717, 1.165) is 37.6 Å². The molecule has 3 heteroatoms. The minimum Gasteiger partial charge on any atom is -0.494 e. The Morgan fingerprint density at radius 3 is 2.87 bits per heavy atom. The third kappa shape index (κ3) is 4.70. The first-order chi connectivity index (χ1) is 7.36. The topological polar surface area (TPSA) is 33.3 Å². The van der Waals surface area contributed by atoms with Crippen LogP contribution in [0.2, 0.25) is 0 Å². The summed E-state index contributed by atoms with van der Waals surface area (Å²) in [7, 11) is 1.95. The molecule has 0 amide bonds. The van der Waals surface area contributed by atoms with Gasteiger partial charge in [0.25, 0.3) is 0 Å². The fourth-order valence-electron chi connectivity index (χ4n) is 1.25. The average molecular weight is 208 g/mol. The van der Waals surface area contributed by atoms with Gasteiger partial charge in [-0.05, 0) is 25.6 Å². The van der Waals surface area contributed by atoms with E-state index in [2.05, 4.69) is 23.6 Å². The van der Waals surface area contributed by atoms with Crippen molar-refractivity contribution < 1.29 is 4.74 Å². The van der Waals surface area contributed by atoms with Crippen LogP contribution in [0.15, 0.2) is 24.3 Å². The van der Waals surface area contributed by atoms with Crippen LogP contribution in [0.25, 0.3) is 0 Å². The van der Waals surface area contributed by atoms with Crippen LogP contribution < -0.4 is 15.4 Å². The number of nitrogens with one attached hydrogen (secondary N) is 2. The predicted molar refractivity (Wildman–Crippen MR) is 64.6 cm³/mol. The van der Waals surface area contributed by atoms with Crippen molar-refractivity contribution in [1.29, 1.82) is 0 Å². The Morgan fingerprint density at radius 1 is 1.27 bits per heavy atom. The summed E-state index contributed by atoms with van der Waals surface area (Å²) in [5.41, 5.74) is 1.11. The molecule has 0 aliphatic carbocycles. The highest BCUT2D eigenvalue weighted by Gasteiger charge is 1.95. The van der Waals surface area contributed by atoms with Crippen molar-refractivity contribution in [3.8, 4) is 5.75 Å². The molecule has 1 rings (SSSR count). The summed E-state index contributed by atoms with van der Waals surface area (Å²) in [5, 5.41) is 6.41. The van der Waals surface area contributed by atoms with Crippen LogP contribution in [0.4, 0.5) is 5.69 Å². The van der Waals surface area contributed by atoms with E-state index in [1.807, 2.05) is 25.2 Å². The molecule has 0 bridgehead atoms. The fourth-order valence-corrected chi connectivity index (χ4v) is 1.25. The van der Waals surface area contributed by atoms with Crippen molar-refractivity contribution in [3.63, 3.8) is 0 Å². The van der Waals surface area contributed by atoms with Crippen molar-refractivity contribution in [2.24, 2.45) is 0 Å². The van der Waals surface area contributed by atoms with E-state index in [4.69, 9.17) is 4.74 Å². The van der Waals surface area contributed by atoms with Crippen molar-refractivity contribution in [2.75, 3.05) is 32.1 Å². The van der Waals surface area contributed by atoms with Crippen LogP contribution in [-0.4, -0.2) is 26.7 Å². The Labute approximate surface area is 91.8 Å². The maximum Gasteiger partial charge on any atom is 0.121 e. The maximum absolute atomic E-state index is 5.55. The number of ether oxygens (including phenoxy) is 1. The lowest BCUT2D eigenvalue weighted by atomic mass is 10.3. The molecule has 0 aromatic heterocycles. The number of hydrogen-bond donors (Lipinski definition) is 2. The van der Waals surface area contributed by atoms with Gasteiger partial charge in [0, 0.05) is 24.8 Å². The Kier molecular flexibility index (Phi) is 5.63. The number of benzene rings is 1. The van der Waals surface area contributed by atoms with Crippen LogP contribution in [-0.2, 0) is 0 Å². The molecular formula is C12H20N2O. The van der Waals surface area contributed by atoms with E-state index < -0.39 is 0 Å². The molecule has 0 aliphatic heterocycles. The molecule has 15 heavy (non-hydrogen) atoms. The van der Waals surface area contributed by atoms with Gasteiger partial charge in [0.2, 0.25) is 0 Å². The second-order valence-electron chi connectivity index (χ2n) is 3.41. The third-order valence-corrected chi connectivity index (χ3v) is 2.01. The molecule has 1 aromatic carbocycles. The highest BCUT2D eigenvalue weighted by Crippen LogP contribution is 2.17. The van der Waals surface area contributed by atoms with Gasteiger partial charge in [0.05, 0.1) is 6.61 Å². The van der Waals surface area contributed by atoms with Crippen LogP contribution >= 0.6 is 0 Å². The van der Waals surface area contributed by atoms with Crippen molar-refractivity contribution in [3.05, 3.63) is 24.3 Å². The molecule has 0 fully saturated rings. The number of anilines is 1. The van der Waals surface area contributed by atoms with Crippen LogP contribution in [0.3, 0.4) is 0 Å². The van der Waals surface area contributed by atoms with E-state index in [-0.39, 0.29) is 0 Å². The number of rotatable bonds is 7. The molecule has 0 radical (unpaired) electrons. The van der Waals surface area contributed by atoms with Gasteiger partial charge in [-0.15, -0.1) is 0 Å². The van der Waals surface area contributed by atoms with Gasteiger partial charge < -0.3 is 15.4 Å². The predicted octanol–water partition coefficient (Wildman–Crippen LogP) is 2.11. The Morgan fingerprint density at radius 2 is 2.13 bits per heavy atom. The van der Waals surface area contributed by atoms with Gasteiger partial charge in [-0.2, -0.15) is 0 Å². The smallest absolute Gasteiger partial charge is 0.121 e. The minimum absolute atomic E-state index is 0.778. The summed E-state index contributed by atoms with van der Waals surface area (Å²) in [5.74, 6) is 0.936. The minimum atomic E-state index is 0.778. The van der Waals surface area contributed by atoms with Gasteiger partial charge in [-0.3, -0.25) is 0 Å². The van der Waals surface area contributed by atoms with Crippen molar-refractivity contribution in [1.82, 2.24) is 5.32 Å². The lowest BCUT2D eigenvalue weighted by Crippen LogP contribution is -2.17. The highest BCUT2D eigenvalue weighted by molar-refractivity contribution is 5.48. The molecule has 0 unspecified atom stereocenters. The van der Waals surface area contributed by atoms with Crippen LogP contribution in [0.5, 0.6) is 5.75 Å². The normalized spacial score (nSPS) is 10.0. The number of likely N-dealkylation sites (N-methyl/N-ethyl adjacent to an activating group) is 1. The molecule has 0 saturated carbocycles. The molecule has 1 aromatic rings. The van der Waals surface area contributed by atoms with Gasteiger partial charge in [-0.25, -0.2) is 0 Å². The van der Waals surface area contributed by atoms with Crippen molar-refractivity contribution >= 4 is 5.69 Å². The van der Waals surface area contributed by atoms with E-state index in [9.17, 15) is 0 Å². The lowest BCUT2D eigenvalue weighted by Gasteiger charge is -2.08. The summed E-state index contributed by atoms with van der Waals surface area (Å²) in [6, 6.07) is 8.07. The third-order valence-electron chi connectivity index (χ3n) is 2.01. The van der Waals surface area contributed by atoms with Gasteiger partial charge in [0.15, 0.2) is 0 Å². The molecular weight excluding hydrogens is 188 g/mol. The molecule has 2 N–H and O–H groups in total. The molecule has 0 heterocycles. The standard InChI is InChI=1S/C12H20N2O/c1-3-9-15-12-6-4-5-11(10-12)14-8-7-13-2/h4-6,10,13-14H,3,7-9H2,1-2H3. The Hall–Kier alpha value is -1.22. The monoisotopic (exact) mass is 208 g/mol. The highest BCUT2D eigenvalue weighted by atomic mass is 16.5. The zero-order chi connectivity index (χ0) is 10.9. The SMILES string of the molecule is CCCOc1cccc(NCCNC)c1. The first kappa shape index (κ1) is 11.9. The first-order valence-corrected chi connectivity index (χ1v) is 5.48. The van der Waals surface area contributed by atoms with Gasteiger partial charge >= 0.3 is 0 Å². The number of hydrogen-bond acceptors (Lipinski definition) is 3. The van der Waals surface area contributed by atoms with Crippen LogP contribution in [0.1, 0.15) is 13.3 Å². The fraction of sp³-hybridized carbons (Fsp3) is 0.500. The maximum atomic E-state index is 5.55. The van der Waals surface area contributed by atoms with E-state index in [0.29, 0.717) is 0 Å². The van der Waals surface area contributed by atoms with E-state index in [1.54, 1.807) is 0 Å². The summed E-state index contributed by atoms with van der Waals surface area (Å²) >= 11 is 0. The molecule has 3 nitrogen and oxygen atoms in total. The van der Waals surface area contributed by atoms with Crippen molar-refractivity contribution in [2.45, 2.75) is 13.3 Å². The lowest BCUT2D eigenvalue weighted by molar-refractivity contribution is 0.317. The second-order valence-corrected chi connectivity index (χ2v) is 3.41. The average Bonchev–Trinajstić information content (AvgIpc) is 2.27. The quantitative estimate of drug-likeness (QED) is 0.673. The summed E-state index contributed by atoms with van der Waals surface area (Å²) in [6.45, 7) is 4.77. The summed E-state index contributed by atoms with van der Waals surface area (Å²) in [4.78, 5) is 0. The largest absolute Gasteiger partial charge is 0.494 e. The molecule has 0 atom stereocenters.